The van der Waals surface area contributed by atoms with E-state index in [1.807, 2.05) is 0 Å². The Bertz CT molecular complexity index is 635. The van der Waals surface area contributed by atoms with E-state index in [2.05, 4.69) is 5.32 Å². The zero-order chi connectivity index (χ0) is 16.5. The quantitative estimate of drug-likeness (QED) is 0.590. The average Bonchev–Trinajstić information content (AvgIpc) is 2.55. The summed E-state index contributed by atoms with van der Waals surface area (Å²) >= 11 is 1.59. The highest BCUT2D eigenvalue weighted by Gasteiger charge is 2.05. The van der Waals surface area contributed by atoms with Gasteiger partial charge in [-0.15, -0.1) is 11.8 Å². The van der Waals surface area contributed by atoms with E-state index in [-0.39, 0.29) is 24.1 Å². The third-order valence-electron chi connectivity index (χ3n) is 2.92. The second kappa shape index (κ2) is 9.15. The number of carbonyl (C=O) groups is 1. The molecule has 2 rings (SSSR count). The number of para-hydroxylation sites is 1. The summed E-state index contributed by atoms with van der Waals surface area (Å²) < 4.78 is 31.2. The number of carbonyl (C=O) groups excluding carboxylic acids is 1. The van der Waals surface area contributed by atoms with Gasteiger partial charge in [0.1, 0.15) is 5.82 Å². The molecule has 0 fully saturated rings. The van der Waals surface area contributed by atoms with Crippen molar-refractivity contribution in [2.45, 2.75) is 11.3 Å². The summed E-state index contributed by atoms with van der Waals surface area (Å²) in [7, 11) is 0. The lowest BCUT2D eigenvalue weighted by atomic mass is 10.3. The highest BCUT2D eigenvalue weighted by molar-refractivity contribution is 7.99. The molecule has 3 nitrogen and oxygen atoms in total. The van der Waals surface area contributed by atoms with Gasteiger partial charge in [-0.25, -0.2) is 8.78 Å². The number of amides is 1. The molecule has 23 heavy (non-hydrogen) atoms. The fourth-order valence-corrected chi connectivity index (χ4v) is 2.63. The van der Waals surface area contributed by atoms with Crippen LogP contribution in [0.25, 0.3) is 0 Å². The third-order valence-corrected chi connectivity index (χ3v) is 4.02. The second-order valence-electron chi connectivity index (χ2n) is 4.72. The van der Waals surface area contributed by atoms with Crippen molar-refractivity contribution in [3.8, 4) is 5.75 Å². The van der Waals surface area contributed by atoms with Crippen LogP contribution in [-0.4, -0.2) is 24.8 Å². The molecule has 6 heteroatoms. The van der Waals surface area contributed by atoms with Gasteiger partial charge < -0.3 is 10.1 Å². The van der Waals surface area contributed by atoms with Crippen LogP contribution in [0.1, 0.15) is 6.42 Å². The van der Waals surface area contributed by atoms with E-state index in [0.717, 1.165) is 17.1 Å². The Hall–Kier alpha value is -2.08. The lowest BCUT2D eigenvalue weighted by molar-refractivity contribution is -0.123. The Morgan fingerprint density at radius 2 is 1.83 bits per heavy atom. The van der Waals surface area contributed by atoms with Gasteiger partial charge in [-0.05, 0) is 48.6 Å². The molecule has 1 amide bonds. The van der Waals surface area contributed by atoms with Crippen molar-refractivity contribution in [2.75, 3.05) is 18.9 Å². The maximum atomic E-state index is 13.3. The number of ether oxygens (including phenoxy) is 1. The number of nitrogens with one attached hydrogen (secondary N) is 1. The largest absolute Gasteiger partial charge is 0.481 e. The van der Waals surface area contributed by atoms with Crippen LogP contribution in [0.2, 0.25) is 0 Å². The van der Waals surface area contributed by atoms with E-state index in [9.17, 15) is 13.6 Å². The lowest BCUT2D eigenvalue weighted by Crippen LogP contribution is -2.30. The predicted octanol–water partition coefficient (Wildman–Crippen LogP) is 3.64. The van der Waals surface area contributed by atoms with Crippen molar-refractivity contribution in [3.63, 3.8) is 0 Å². The van der Waals surface area contributed by atoms with Gasteiger partial charge in [-0.3, -0.25) is 4.79 Å². The first-order valence-corrected chi connectivity index (χ1v) is 8.16. The number of benzene rings is 2. The van der Waals surface area contributed by atoms with Gasteiger partial charge in [0.25, 0.3) is 5.91 Å². The highest BCUT2D eigenvalue weighted by atomic mass is 32.2. The SMILES string of the molecule is O=C(COc1ccccc1F)NCCCSc1ccc(F)cc1. The van der Waals surface area contributed by atoms with E-state index in [0.29, 0.717) is 6.54 Å². The van der Waals surface area contributed by atoms with Gasteiger partial charge in [-0.2, -0.15) is 0 Å². The summed E-state index contributed by atoms with van der Waals surface area (Å²) in [6.07, 6.45) is 0.771. The molecule has 0 spiro atoms. The molecule has 2 aromatic carbocycles. The van der Waals surface area contributed by atoms with E-state index < -0.39 is 5.82 Å². The maximum Gasteiger partial charge on any atom is 0.257 e. The summed E-state index contributed by atoms with van der Waals surface area (Å²) in [6.45, 7) is 0.291. The summed E-state index contributed by atoms with van der Waals surface area (Å²) in [6, 6.07) is 12.2. The third kappa shape index (κ3) is 6.28. The van der Waals surface area contributed by atoms with E-state index in [1.54, 1.807) is 36.0 Å². The molecule has 0 aliphatic carbocycles. The van der Waals surface area contributed by atoms with Gasteiger partial charge in [0.15, 0.2) is 18.2 Å². The van der Waals surface area contributed by atoms with Crippen molar-refractivity contribution in [2.24, 2.45) is 0 Å². The smallest absolute Gasteiger partial charge is 0.257 e. The molecular weight excluding hydrogens is 320 g/mol. The van der Waals surface area contributed by atoms with Crippen molar-refractivity contribution < 1.29 is 18.3 Å². The first-order valence-electron chi connectivity index (χ1n) is 7.17. The van der Waals surface area contributed by atoms with Crippen molar-refractivity contribution in [1.29, 1.82) is 0 Å². The molecule has 0 unspecified atom stereocenters. The number of hydrogen-bond acceptors (Lipinski definition) is 3. The Morgan fingerprint density at radius 1 is 1.09 bits per heavy atom. The zero-order valence-corrected chi connectivity index (χ0v) is 13.2. The van der Waals surface area contributed by atoms with Crippen LogP contribution in [0.4, 0.5) is 8.78 Å². The van der Waals surface area contributed by atoms with Crippen LogP contribution >= 0.6 is 11.8 Å². The molecule has 0 saturated heterocycles. The Morgan fingerprint density at radius 3 is 2.57 bits per heavy atom. The van der Waals surface area contributed by atoms with Gasteiger partial charge in [-0.1, -0.05) is 12.1 Å². The van der Waals surface area contributed by atoms with Gasteiger partial charge in [0, 0.05) is 11.4 Å². The lowest BCUT2D eigenvalue weighted by Gasteiger charge is -2.08. The predicted molar refractivity (Wildman–Crippen MR) is 86.6 cm³/mol. The summed E-state index contributed by atoms with van der Waals surface area (Å²) in [5.41, 5.74) is 0. The van der Waals surface area contributed by atoms with Gasteiger partial charge >= 0.3 is 0 Å². The maximum absolute atomic E-state index is 13.3. The molecule has 0 radical (unpaired) electrons. The monoisotopic (exact) mass is 337 g/mol. The van der Waals surface area contributed by atoms with E-state index in [1.165, 1.54) is 24.3 Å². The highest BCUT2D eigenvalue weighted by Crippen LogP contribution is 2.18. The molecule has 0 aliphatic heterocycles. The van der Waals surface area contributed by atoms with Crippen LogP contribution in [0.15, 0.2) is 53.4 Å². The summed E-state index contributed by atoms with van der Waals surface area (Å²) in [5, 5.41) is 2.71. The van der Waals surface area contributed by atoms with Gasteiger partial charge in [0.05, 0.1) is 0 Å². The van der Waals surface area contributed by atoms with Crippen LogP contribution in [0.3, 0.4) is 0 Å². The fraction of sp³-hybridized carbons (Fsp3) is 0.235. The number of halogens is 2. The van der Waals surface area contributed by atoms with Crippen LogP contribution in [0.5, 0.6) is 5.75 Å². The number of thioether (sulfide) groups is 1. The molecule has 0 heterocycles. The summed E-state index contributed by atoms with van der Waals surface area (Å²) in [4.78, 5) is 12.6. The number of hydrogen-bond donors (Lipinski definition) is 1. The molecule has 2 aromatic rings. The topological polar surface area (TPSA) is 38.3 Å². The Balaban J connectivity index is 1.58. The van der Waals surface area contributed by atoms with Crippen LogP contribution in [0, 0.1) is 11.6 Å². The minimum atomic E-state index is -0.490. The molecule has 0 atom stereocenters. The number of rotatable bonds is 8. The fourth-order valence-electron chi connectivity index (χ4n) is 1.78. The first-order chi connectivity index (χ1) is 11.1. The first kappa shape index (κ1) is 17.3. The zero-order valence-electron chi connectivity index (χ0n) is 12.4. The molecule has 0 saturated carbocycles. The minimum Gasteiger partial charge on any atom is -0.481 e. The molecule has 0 bridgehead atoms. The molecule has 1 N–H and O–H groups in total. The van der Waals surface area contributed by atoms with Crippen LogP contribution in [-0.2, 0) is 4.79 Å². The van der Waals surface area contributed by atoms with Gasteiger partial charge in [0.2, 0.25) is 0 Å². The van der Waals surface area contributed by atoms with Crippen molar-refractivity contribution >= 4 is 17.7 Å². The van der Waals surface area contributed by atoms with Crippen molar-refractivity contribution in [3.05, 3.63) is 60.2 Å². The van der Waals surface area contributed by atoms with Crippen LogP contribution < -0.4 is 10.1 Å². The van der Waals surface area contributed by atoms with Crippen molar-refractivity contribution in [1.82, 2.24) is 5.32 Å². The normalized spacial score (nSPS) is 10.3. The minimum absolute atomic E-state index is 0.0644. The second-order valence-corrected chi connectivity index (χ2v) is 5.89. The Labute approximate surface area is 138 Å². The molecule has 122 valence electrons. The standard InChI is InChI=1S/C17H17F2NO2S/c18-13-6-8-14(9-7-13)23-11-3-10-20-17(21)12-22-16-5-2-1-4-15(16)19/h1-2,4-9H,3,10-12H2,(H,20,21). The average molecular weight is 337 g/mol. The van der Waals surface area contributed by atoms with E-state index in [4.69, 9.17) is 4.74 Å². The molecule has 0 aliphatic rings. The molecule has 0 aromatic heterocycles. The van der Waals surface area contributed by atoms with E-state index >= 15 is 0 Å². The molecular formula is C17H17F2NO2S. The summed E-state index contributed by atoms with van der Waals surface area (Å²) in [5.74, 6) is -0.165. The Kier molecular flexibility index (Phi) is 6.87.